The molecule has 2 heterocycles. The number of methoxy groups -OCH3 is 1. The number of carbonyl (C=O) groups excluding carboxylic acids is 1. The summed E-state index contributed by atoms with van der Waals surface area (Å²) in [7, 11) is 1.57. The van der Waals surface area contributed by atoms with Gasteiger partial charge in [-0.15, -0.1) is 0 Å². The van der Waals surface area contributed by atoms with Gasteiger partial charge in [0, 0.05) is 12.5 Å². The van der Waals surface area contributed by atoms with E-state index in [0.29, 0.717) is 34.5 Å². The van der Waals surface area contributed by atoms with Gasteiger partial charge in [-0.25, -0.2) is 0 Å². The van der Waals surface area contributed by atoms with Gasteiger partial charge in [-0.1, -0.05) is 23.4 Å². The largest absolute Gasteiger partial charge is 0.496 e. The normalized spacial score (nSPS) is 12.0. The summed E-state index contributed by atoms with van der Waals surface area (Å²) in [5.74, 6) is 2.33. The molecule has 1 N–H and O–H groups in total. The van der Waals surface area contributed by atoms with Crippen molar-refractivity contribution in [3.63, 3.8) is 0 Å². The van der Waals surface area contributed by atoms with Gasteiger partial charge in [0.15, 0.2) is 5.82 Å². The maximum Gasteiger partial charge on any atom is 0.255 e. The molecule has 0 saturated carbocycles. The molecule has 1 amide bonds. The van der Waals surface area contributed by atoms with Crippen LogP contribution in [0.15, 0.2) is 39.3 Å². The van der Waals surface area contributed by atoms with E-state index in [0.717, 1.165) is 5.56 Å². The number of benzene rings is 1. The van der Waals surface area contributed by atoms with E-state index < -0.39 is 6.04 Å². The van der Waals surface area contributed by atoms with Crippen LogP contribution >= 0.6 is 0 Å². The molecule has 0 saturated heterocycles. The summed E-state index contributed by atoms with van der Waals surface area (Å²) in [6, 6.07) is 8.46. The molecule has 7 heteroatoms. The fourth-order valence-electron chi connectivity index (χ4n) is 2.68. The molecule has 2 aromatic heterocycles. The van der Waals surface area contributed by atoms with Crippen molar-refractivity contribution < 1.29 is 18.5 Å². The highest BCUT2D eigenvalue weighted by molar-refractivity contribution is 5.95. The first-order valence-corrected chi connectivity index (χ1v) is 7.80. The average Bonchev–Trinajstić information content (AvgIpc) is 3.17. The first-order chi connectivity index (χ1) is 12.0. The van der Waals surface area contributed by atoms with Crippen LogP contribution in [0.3, 0.4) is 0 Å². The summed E-state index contributed by atoms with van der Waals surface area (Å²) in [6.07, 6.45) is 0. The molecule has 0 aliphatic carbocycles. The van der Waals surface area contributed by atoms with Gasteiger partial charge in [-0.2, -0.15) is 4.98 Å². The van der Waals surface area contributed by atoms with Gasteiger partial charge >= 0.3 is 0 Å². The van der Waals surface area contributed by atoms with E-state index >= 15 is 0 Å². The summed E-state index contributed by atoms with van der Waals surface area (Å²) in [6.45, 7) is 5.24. The number of amides is 1. The molecule has 3 aromatic rings. The summed E-state index contributed by atoms with van der Waals surface area (Å²) < 4.78 is 15.9. The van der Waals surface area contributed by atoms with E-state index in [4.69, 9.17) is 13.7 Å². The second-order valence-corrected chi connectivity index (χ2v) is 5.65. The third kappa shape index (κ3) is 3.40. The molecule has 0 unspecified atom stereocenters. The fraction of sp³-hybridized carbons (Fsp3) is 0.278. The zero-order chi connectivity index (χ0) is 18.0. The number of aromatic nitrogens is 2. The van der Waals surface area contributed by atoms with E-state index in [1.165, 1.54) is 0 Å². The van der Waals surface area contributed by atoms with Crippen molar-refractivity contribution in [2.24, 2.45) is 0 Å². The Morgan fingerprint density at radius 2 is 2.00 bits per heavy atom. The van der Waals surface area contributed by atoms with E-state index in [1.807, 2.05) is 24.3 Å². The minimum absolute atomic E-state index is 0.285. The highest BCUT2D eigenvalue weighted by atomic mass is 16.5. The van der Waals surface area contributed by atoms with E-state index in [9.17, 15) is 4.79 Å². The lowest BCUT2D eigenvalue weighted by atomic mass is 10.0. The molecule has 0 bridgehead atoms. The molecule has 0 aliphatic heterocycles. The maximum atomic E-state index is 12.7. The standard InChI is InChI=1S/C18H19N3O4/c1-10-9-14(11(2)24-10)18(22)20-16(17-19-12(3)25-21-17)13-7-5-6-8-15(13)23-4/h5-9,16H,1-4H3,(H,20,22)/t16-/m1/s1. The molecule has 0 aliphatic rings. The van der Waals surface area contributed by atoms with E-state index in [2.05, 4.69) is 15.5 Å². The highest BCUT2D eigenvalue weighted by Gasteiger charge is 2.26. The predicted molar refractivity (Wildman–Crippen MR) is 89.5 cm³/mol. The van der Waals surface area contributed by atoms with Crippen LogP contribution in [0.4, 0.5) is 0 Å². The molecule has 7 nitrogen and oxygen atoms in total. The number of nitrogens with zero attached hydrogens (tertiary/aromatic N) is 2. The Morgan fingerprint density at radius 1 is 1.24 bits per heavy atom. The number of hydrogen-bond donors (Lipinski definition) is 1. The smallest absolute Gasteiger partial charge is 0.255 e. The van der Waals surface area contributed by atoms with Crippen molar-refractivity contribution >= 4 is 5.91 Å². The summed E-state index contributed by atoms with van der Waals surface area (Å²) >= 11 is 0. The van der Waals surface area contributed by atoms with Gasteiger partial charge in [-0.05, 0) is 26.0 Å². The van der Waals surface area contributed by atoms with Crippen molar-refractivity contribution in [1.82, 2.24) is 15.5 Å². The van der Waals surface area contributed by atoms with Crippen LogP contribution in [0.2, 0.25) is 0 Å². The van der Waals surface area contributed by atoms with Crippen molar-refractivity contribution in [2.75, 3.05) is 7.11 Å². The van der Waals surface area contributed by atoms with Crippen LogP contribution in [0.5, 0.6) is 5.75 Å². The minimum atomic E-state index is -0.615. The third-order valence-corrected chi connectivity index (χ3v) is 3.81. The highest BCUT2D eigenvalue weighted by Crippen LogP contribution is 2.29. The Balaban J connectivity index is 2.00. The van der Waals surface area contributed by atoms with Crippen molar-refractivity contribution in [1.29, 1.82) is 0 Å². The average molecular weight is 341 g/mol. The first-order valence-electron chi connectivity index (χ1n) is 7.80. The van der Waals surface area contributed by atoms with Gasteiger partial charge < -0.3 is 19.0 Å². The minimum Gasteiger partial charge on any atom is -0.496 e. The van der Waals surface area contributed by atoms with Crippen molar-refractivity contribution in [2.45, 2.75) is 26.8 Å². The van der Waals surface area contributed by atoms with Crippen molar-refractivity contribution in [3.05, 3.63) is 64.7 Å². The number of para-hydroxylation sites is 1. The number of furan rings is 1. The number of ether oxygens (including phenoxy) is 1. The molecule has 130 valence electrons. The molecule has 3 rings (SSSR count). The predicted octanol–water partition coefficient (Wildman–Crippen LogP) is 3.12. The first kappa shape index (κ1) is 16.8. The molecule has 25 heavy (non-hydrogen) atoms. The fourth-order valence-corrected chi connectivity index (χ4v) is 2.68. The summed E-state index contributed by atoms with van der Waals surface area (Å²) in [5, 5.41) is 6.91. The SMILES string of the molecule is COc1ccccc1[C@@H](NC(=O)c1cc(C)oc1C)c1noc(C)n1. The quantitative estimate of drug-likeness (QED) is 0.767. The number of hydrogen-bond acceptors (Lipinski definition) is 6. The summed E-state index contributed by atoms with van der Waals surface area (Å²) in [5.41, 5.74) is 1.20. The van der Waals surface area contributed by atoms with Gasteiger partial charge in [0.1, 0.15) is 23.3 Å². The van der Waals surface area contributed by atoms with Gasteiger partial charge in [0.2, 0.25) is 5.89 Å². The van der Waals surface area contributed by atoms with Crippen molar-refractivity contribution in [3.8, 4) is 5.75 Å². The van der Waals surface area contributed by atoms with Crippen LogP contribution in [0.25, 0.3) is 0 Å². The Morgan fingerprint density at radius 3 is 2.60 bits per heavy atom. The lowest BCUT2D eigenvalue weighted by Crippen LogP contribution is -2.30. The zero-order valence-corrected chi connectivity index (χ0v) is 14.5. The number of carbonyl (C=O) groups is 1. The molecule has 0 spiro atoms. The van der Waals surface area contributed by atoms with E-state index in [1.54, 1.807) is 33.9 Å². The molecule has 1 atom stereocenters. The van der Waals surface area contributed by atoms with Gasteiger partial charge in [-0.3, -0.25) is 4.79 Å². The number of nitrogens with one attached hydrogen (secondary N) is 1. The monoisotopic (exact) mass is 341 g/mol. The maximum absolute atomic E-state index is 12.7. The number of rotatable bonds is 5. The third-order valence-electron chi connectivity index (χ3n) is 3.81. The number of aryl methyl sites for hydroxylation is 3. The second kappa shape index (κ2) is 6.80. The van der Waals surface area contributed by atoms with Gasteiger partial charge in [0.05, 0.1) is 12.7 Å². The Kier molecular flexibility index (Phi) is 4.56. The molecule has 0 fully saturated rings. The van der Waals surface area contributed by atoms with E-state index in [-0.39, 0.29) is 5.91 Å². The topological polar surface area (TPSA) is 90.4 Å². The van der Waals surface area contributed by atoms with Crippen LogP contribution in [-0.2, 0) is 0 Å². The molecule has 0 radical (unpaired) electrons. The second-order valence-electron chi connectivity index (χ2n) is 5.65. The van der Waals surface area contributed by atoms with Crippen LogP contribution < -0.4 is 10.1 Å². The van der Waals surface area contributed by atoms with Crippen LogP contribution in [0.1, 0.15) is 45.2 Å². The van der Waals surface area contributed by atoms with Gasteiger partial charge in [0.25, 0.3) is 5.91 Å². The van der Waals surface area contributed by atoms with Crippen LogP contribution in [-0.4, -0.2) is 23.2 Å². The Hall–Kier alpha value is -3.09. The lowest BCUT2D eigenvalue weighted by Gasteiger charge is -2.18. The van der Waals surface area contributed by atoms with Crippen LogP contribution in [0, 0.1) is 20.8 Å². The lowest BCUT2D eigenvalue weighted by molar-refractivity contribution is 0.0939. The molecular weight excluding hydrogens is 322 g/mol. The Bertz CT molecular complexity index is 897. The Labute approximate surface area is 145 Å². The molecular formula is C18H19N3O4. The summed E-state index contributed by atoms with van der Waals surface area (Å²) in [4.78, 5) is 17.0. The zero-order valence-electron chi connectivity index (χ0n) is 14.5. The molecule has 1 aromatic carbocycles.